The number of rotatable bonds is 3. The van der Waals surface area contributed by atoms with Gasteiger partial charge in [-0.15, -0.1) is 0 Å². The molecule has 0 radical (unpaired) electrons. The van der Waals surface area contributed by atoms with Gasteiger partial charge in [0.05, 0.1) is 12.7 Å². The summed E-state index contributed by atoms with van der Waals surface area (Å²) >= 11 is 0. The van der Waals surface area contributed by atoms with E-state index < -0.39 is 0 Å². The van der Waals surface area contributed by atoms with Gasteiger partial charge in [-0.1, -0.05) is 24.8 Å². The van der Waals surface area contributed by atoms with Crippen LogP contribution in [0.25, 0.3) is 5.57 Å². The van der Waals surface area contributed by atoms with Crippen molar-refractivity contribution in [3.63, 3.8) is 0 Å². The molecule has 0 bridgehead atoms. The molecule has 0 amide bonds. The molecule has 0 saturated heterocycles. The predicted octanol–water partition coefficient (Wildman–Crippen LogP) is 2.93. The van der Waals surface area contributed by atoms with Gasteiger partial charge in [0.25, 0.3) is 0 Å². The number of nitrogens with zero attached hydrogens (tertiary/aromatic N) is 1. The lowest BCUT2D eigenvalue weighted by Crippen LogP contribution is -2.05. The highest BCUT2D eigenvalue weighted by molar-refractivity contribution is 5.97. The van der Waals surface area contributed by atoms with Crippen LogP contribution in [0.5, 0.6) is 0 Å². The van der Waals surface area contributed by atoms with Crippen LogP contribution in [-0.2, 0) is 4.74 Å². The summed E-state index contributed by atoms with van der Waals surface area (Å²) in [5.41, 5.74) is 3.00. The third kappa shape index (κ3) is 2.30. The molecule has 3 heteroatoms. The largest absolute Gasteiger partial charge is 0.465 e. The van der Waals surface area contributed by atoms with E-state index in [4.69, 9.17) is 4.74 Å². The lowest BCUT2D eigenvalue weighted by atomic mass is 9.96. The Kier molecular flexibility index (Phi) is 3.53. The third-order valence-corrected chi connectivity index (χ3v) is 2.69. The number of ether oxygens (including phenoxy) is 1. The van der Waals surface area contributed by atoms with E-state index in [1.54, 1.807) is 24.5 Å². The van der Waals surface area contributed by atoms with Crippen LogP contribution in [0.2, 0.25) is 0 Å². The fourth-order valence-electron chi connectivity index (χ4n) is 1.74. The summed E-state index contributed by atoms with van der Waals surface area (Å²) in [6.45, 7) is 4.04. The van der Waals surface area contributed by atoms with Gasteiger partial charge in [-0.25, -0.2) is 4.79 Å². The fraction of sp³-hybridized carbons (Fsp3) is 0.0667. The van der Waals surface area contributed by atoms with E-state index >= 15 is 0 Å². The van der Waals surface area contributed by atoms with E-state index in [0.29, 0.717) is 5.56 Å². The lowest BCUT2D eigenvalue weighted by Gasteiger charge is -2.10. The van der Waals surface area contributed by atoms with Crippen molar-refractivity contribution < 1.29 is 9.53 Å². The maximum atomic E-state index is 11.7. The second-order valence-corrected chi connectivity index (χ2v) is 3.75. The summed E-state index contributed by atoms with van der Waals surface area (Å²) in [6.07, 6.45) is 3.39. The predicted molar refractivity (Wildman–Crippen MR) is 70.2 cm³/mol. The van der Waals surface area contributed by atoms with Crippen molar-refractivity contribution in [1.29, 1.82) is 0 Å². The standard InChI is InChI=1S/C15H13NO2/c1-11(12-7-9-16-10-8-12)13-5-3-4-6-14(13)15(17)18-2/h3-10H,1H2,2H3. The molecule has 0 saturated carbocycles. The van der Waals surface area contributed by atoms with Crippen LogP contribution in [-0.4, -0.2) is 18.1 Å². The molecule has 0 fully saturated rings. The zero-order chi connectivity index (χ0) is 13.0. The molecule has 1 heterocycles. The molecule has 0 aliphatic heterocycles. The quantitative estimate of drug-likeness (QED) is 0.773. The van der Waals surface area contributed by atoms with Crippen LogP contribution in [0.15, 0.2) is 55.4 Å². The number of methoxy groups -OCH3 is 1. The van der Waals surface area contributed by atoms with Gasteiger partial charge in [0, 0.05) is 12.4 Å². The first-order valence-corrected chi connectivity index (χ1v) is 5.51. The number of esters is 1. The van der Waals surface area contributed by atoms with Crippen LogP contribution in [0.3, 0.4) is 0 Å². The Balaban J connectivity index is 2.46. The van der Waals surface area contributed by atoms with Crippen molar-refractivity contribution in [3.8, 4) is 0 Å². The number of pyridine rings is 1. The summed E-state index contributed by atoms with van der Waals surface area (Å²) in [4.78, 5) is 15.7. The molecule has 0 aliphatic carbocycles. The zero-order valence-electron chi connectivity index (χ0n) is 10.1. The molecule has 90 valence electrons. The molecular weight excluding hydrogens is 226 g/mol. The number of hydrogen-bond acceptors (Lipinski definition) is 3. The summed E-state index contributed by atoms with van der Waals surface area (Å²) in [5, 5.41) is 0. The van der Waals surface area contributed by atoms with E-state index in [-0.39, 0.29) is 5.97 Å². The van der Waals surface area contributed by atoms with Gasteiger partial charge in [0.15, 0.2) is 0 Å². The molecular formula is C15H13NO2. The van der Waals surface area contributed by atoms with Crippen LogP contribution in [0.1, 0.15) is 21.5 Å². The third-order valence-electron chi connectivity index (χ3n) is 2.69. The van der Waals surface area contributed by atoms with Gasteiger partial charge in [-0.05, 0) is 34.9 Å². The molecule has 1 aromatic carbocycles. The Morgan fingerprint density at radius 2 is 1.72 bits per heavy atom. The molecule has 1 aromatic heterocycles. The second-order valence-electron chi connectivity index (χ2n) is 3.75. The smallest absolute Gasteiger partial charge is 0.338 e. The Hall–Kier alpha value is -2.42. The monoisotopic (exact) mass is 239 g/mol. The van der Waals surface area contributed by atoms with Crippen LogP contribution in [0.4, 0.5) is 0 Å². The topological polar surface area (TPSA) is 39.2 Å². The molecule has 0 aliphatic rings. The highest BCUT2D eigenvalue weighted by atomic mass is 16.5. The van der Waals surface area contributed by atoms with Gasteiger partial charge < -0.3 is 4.74 Å². The van der Waals surface area contributed by atoms with Gasteiger partial charge >= 0.3 is 5.97 Å². The summed E-state index contributed by atoms with van der Waals surface area (Å²) < 4.78 is 4.77. The molecule has 2 rings (SSSR count). The number of aromatic nitrogens is 1. The van der Waals surface area contributed by atoms with Crippen molar-refractivity contribution in [2.24, 2.45) is 0 Å². The number of benzene rings is 1. The van der Waals surface area contributed by atoms with E-state index in [0.717, 1.165) is 16.7 Å². The number of carbonyl (C=O) groups excluding carboxylic acids is 1. The molecule has 0 spiro atoms. The van der Waals surface area contributed by atoms with Crippen LogP contribution >= 0.6 is 0 Å². The highest BCUT2D eigenvalue weighted by Crippen LogP contribution is 2.24. The van der Waals surface area contributed by atoms with E-state index in [1.807, 2.05) is 24.3 Å². The zero-order valence-corrected chi connectivity index (χ0v) is 10.1. The first kappa shape index (κ1) is 12.0. The normalized spacial score (nSPS) is 9.83. The SMILES string of the molecule is C=C(c1ccncc1)c1ccccc1C(=O)OC. The van der Waals surface area contributed by atoms with Gasteiger partial charge in [-0.2, -0.15) is 0 Å². The number of carbonyl (C=O) groups is 1. The van der Waals surface area contributed by atoms with E-state index in [9.17, 15) is 4.79 Å². The summed E-state index contributed by atoms with van der Waals surface area (Å²) in [6, 6.07) is 11.0. The van der Waals surface area contributed by atoms with Gasteiger partial charge in [-0.3, -0.25) is 4.98 Å². The Morgan fingerprint density at radius 1 is 1.11 bits per heavy atom. The average molecular weight is 239 g/mol. The fourth-order valence-corrected chi connectivity index (χ4v) is 1.74. The molecule has 18 heavy (non-hydrogen) atoms. The van der Waals surface area contributed by atoms with Crippen molar-refractivity contribution in [3.05, 3.63) is 72.1 Å². The maximum Gasteiger partial charge on any atom is 0.338 e. The first-order chi connectivity index (χ1) is 8.74. The van der Waals surface area contributed by atoms with Crippen molar-refractivity contribution >= 4 is 11.5 Å². The average Bonchev–Trinajstić information content (AvgIpc) is 2.46. The lowest BCUT2D eigenvalue weighted by molar-refractivity contribution is 0.0600. The summed E-state index contributed by atoms with van der Waals surface area (Å²) in [7, 11) is 1.37. The Labute approximate surface area is 106 Å². The molecule has 0 N–H and O–H groups in total. The Bertz CT molecular complexity index is 576. The van der Waals surface area contributed by atoms with Gasteiger partial charge in [0.2, 0.25) is 0 Å². The van der Waals surface area contributed by atoms with Crippen molar-refractivity contribution in [2.75, 3.05) is 7.11 Å². The summed E-state index contributed by atoms with van der Waals surface area (Å²) in [5.74, 6) is -0.360. The minimum absolute atomic E-state index is 0.360. The van der Waals surface area contributed by atoms with Crippen LogP contribution < -0.4 is 0 Å². The molecule has 3 nitrogen and oxygen atoms in total. The first-order valence-electron chi connectivity index (χ1n) is 5.51. The van der Waals surface area contributed by atoms with E-state index in [1.165, 1.54) is 7.11 Å². The number of hydrogen-bond donors (Lipinski definition) is 0. The minimum Gasteiger partial charge on any atom is -0.465 e. The van der Waals surface area contributed by atoms with E-state index in [2.05, 4.69) is 11.6 Å². The van der Waals surface area contributed by atoms with Crippen molar-refractivity contribution in [1.82, 2.24) is 4.98 Å². The highest BCUT2D eigenvalue weighted by Gasteiger charge is 2.13. The molecule has 0 unspecified atom stereocenters. The second kappa shape index (κ2) is 5.27. The molecule has 2 aromatic rings. The van der Waals surface area contributed by atoms with Crippen molar-refractivity contribution in [2.45, 2.75) is 0 Å². The Morgan fingerprint density at radius 3 is 2.33 bits per heavy atom. The maximum absolute atomic E-state index is 11.7. The van der Waals surface area contributed by atoms with Gasteiger partial charge in [0.1, 0.15) is 0 Å². The minimum atomic E-state index is -0.360. The van der Waals surface area contributed by atoms with Crippen LogP contribution in [0, 0.1) is 0 Å². The molecule has 0 atom stereocenters.